The number of carbonyl (C=O) groups excluding carboxylic acids is 1. The summed E-state index contributed by atoms with van der Waals surface area (Å²) < 4.78 is 9.95. The maximum atomic E-state index is 10.9. The molecule has 10 nitrogen and oxygen atoms in total. The lowest BCUT2D eigenvalue weighted by atomic mass is 10.2. The molecule has 0 heterocycles. The van der Waals surface area contributed by atoms with Crippen LogP contribution in [0, 0.1) is 20.2 Å². The Morgan fingerprint density at radius 2 is 2.00 bits per heavy atom. The van der Waals surface area contributed by atoms with Crippen molar-refractivity contribution >= 4 is 17.3 Å². The minimum absolute atomic E-state index is 0.0723. The Balaban J connectivity index is 2.74. The minimum atomic E-state index is -0.794. The van der Waals surface area contributed by atoms with Crippen molar-refractivity contribution in [2.45, 2.75) is 19.4 Å². The molecule has 0 amide bonds. The quantitative estimate of drug-likeness (QED) is 0.428. The first-order valence-electron chi connectivity index (χ1n) is 6.19. The topological polar surface area (TPSA) is 142 Å². The van der Waals surface area contributed by atoms with Crippen LogP contribution >= 0.6 is 0 Å². The predicted molar refractivity (Wildman–Crippen MR) is 72.5 cm³/mol. The first kappa shape index (κ1) is 17.3. The van der Waals surface area contributed by atoms with Gasteiger partial charge in [0.05, 0.1) is 29.1 Å². The van der Waals surface area contributed by atoms with Crippen LogP contribution in [0.15, 0.2) is 18.2 Å². The first-order chi connectivity index (χ1) is 10.3. The third kappa shape index (κ3) is 4.98. The summed E-state index contributed by atoms with van der Waals surface area (Å²) in [5, 5.41) is 30.5. The second kappa shape index (κ2) is 7.88. The molecule has 0 fully saturated rings. The standard InChI is InChI=1S/C12H14N2O8/c1-8(16)22-10(7-15)4-5-21-12-3-2-9(13(17)18)6-11(12)14(19)20/h2-3,6,10,15H,4-5,7H2,1H3. The van der Waals surface area contributed by atoms with Crippen molar-refractivity contribution in [3.8, 4) is 5.75 Å². The summed E-state index contributed by atoms with van der Waals surface area (Å²) in [6.45, 7) is 0.702. The smallest absolute Gasteiger partial charge is 0.317 e. The molecule has 0 bridgehead atoms. The molecule has 0 saturated heterocycles. The van der Waals surface area contributed by atoms with Gasteiger partial charge in [-0.1, -0.05) is 0 Å². The number of ether oxygens (including phenoxy) is 2. The molecule has 120 valence electrons. The van der Waals surface area contributed by atoms with Gasteiger partial charge in [0.1, 0.15) is 6.10 Å². The number of non-ortho nitro benzene ring substituents is 1. The third-order valence-electron chi connectivity index (χ3n) is 2.58. The van der Waals surface area contributed by atoms with E-state index in [9.17, 15) is 25.0 Å². The van der Waals surface area contributed by atoms with Gasteiger partial charge in [-0.15, -0.1) is 0 Å². The van der Waals surface area contributed by atoms with Gasteiger partial charge in [0.2, 0.25) is 0 Å². The van der Waals surface area contributed by atoms with Gasteiger partial charge in [-0.2, -0.15) is 0 Å². The molecule has 10 heteroatoms. The van der Waals surface area contributed by atoms with Crippen LogP contribution in [0.3, 0.4) is 0 Å². The lowest BCUT2D eigenvalue weighted by Crippen LogP contribution is -2.23. The molecule has 1 N–H and O–H groups in total. The summed E-state index contributed by atoms with van der Waals surface area (Å²) in [6.07, 6.45) is -0.667. The van der Waals surface area contributed by atoms with Crippen LogP contribution < -0.4 is 4.74 Å². The number of carbonyl (C=O) groups is 1. The van der Waals surface area contributed by atoms with E-state index in [1.54, 1.807) is 0 Å². The number of benzene rings is 1. The number of hydrogen-bond donors (Lipinski definition) is 1. The van der Waals surface area contributed by atoms with Crippen molar-refractivity contribution in [1.29, 1.82) is 0 Å². The predicted octanol–water partition coefficient (Wildman–Crippen LogP) is 1.20. The molecule has 1 aromatic rings. The number of aliphatic hydroxyl groups is 1. The van der Waals surface area contributed by atoms with Crippen molar-refractivity contribution in [3.05, 3.63) is 38.4 Å². The van der Waals surface area contributed by atoms with Crippen LogP contribution in [0.4, 0.5) is 11.4 Å². The highest BCUT2D eigenvalue weighted by Gasteiger charge is 2.21. The second-order valence-corrected chi connectivity index (χ2v) is 4.22. The van der Waals surface area contributed by atoms with Gasteiger partial charge in [0, 0.05) is 19.4 Å². The largest absolute Gasteiger partial charge is 0.487 e. The van der Waals surface area contributed by atoms with Gasteiger partial charge >= 0.3 is 11.7 Å². The van der Waals surface area contributed by atoms with E-state index in [1.165, 1.54) is 6.92 Å². The van der Waals surface area contributed by atoms with Gasteiger partial charge in [-0.05, 0) is 6.07 Å². The molecular formula is C12H14N2O8. The van der Waals surface area contributed by atoms with E-state index >= 15 is 0 Å². The number of aliphatic hydroxyl groups excluding tert-OH is 1. The fourth-order valence-electron chi connectivity index (χ4n) is 1.61. The highest BCUT2D eigenvalue weighted by Crippen LogP contribution is 2.31. The number of nitrogens with zero attached hydrogens (tertiary/aromatic N) is 2. The highest BCUT2D eigenvalue weighted by atomic mass is 16.6. The van der Waals surface area contributed by atoms with Crippen molar-refractivity contribution in [1.82, 2.24) is 0 Å². The molecule has 1 unspecified atom stereocenters. The zero-order valence-electron chi connectivity index (χ0n) is 11.6. The van der Waals surface area contributed by atoms with Gasteiger partial charge in [0.15, 0.2) is 5.75 Å². The summed E-state index contributed by atoms with van der Waals surface area (Å²) in [7, 11) is 0. The van der Waals surface area contributed by atoms with Crippen LogP contribution in [0.2, 0.25) is 0 Å². The van der Waals surface area contributed by atoms with Crippen LogP contribution in [0.25, 0.3) is 0 Å². The number of rotatable bonds is 8. The lowest BCUT2D eigenvalue weighted by molar-refractivity contribution is -0.394. The SMILES string of the molecule is CC(=O)OC(CO)CCOc1ccc([N+](=O)[O-])cc1[N+](=O)[O-]. The lowest BCUT2D eigenvalue weighted by Gasteiger charge is -2.14. The van der Waals surface area contributed by atoms with E-state index in [1.807, 2.05) is 0 Å². The van der Waals surface area contributed by atoms with Gasteiger partial charge in [0.25, 0.3) is 5.69 Å². The van der Waals surface area contributed by atoms with Crippen molar-refractivity contribution < 1.29 is 29.2 Å². The molecule has 0 aliphatic carbocycles. The van der Waals surface area contributed by atoms with E-state index < -0.39 is 39.9 Å². The monoisotopic (exact) mass is 314 g/mol. The van der Waals surface area contributed by atoms with Gasteiger partial charge < -0.3 is 14.6 Å². The highest BCUT2D eigenvalue weighted by molar-refractivity contribution is 5.66. The number of nitro groups is 2. The first-order valence-corrected chi connectivity index (χ1v) is 6.19. The molecule has 0 aromatic heterocycles. The Hall–Kier alpha value is -2.75. The van der Waals surface area contributed by atoms with E-state index in [0.717, 1.165) is 18.2 Å². The van der Waals surface area contributed by atoms with Crippen LogP contribution in [0.5, 0.6) is 5.75 Å². The van der Waals surface area contributed by atoms with Crippen molar-refractivity contribution in [2.24, 2.45) is 0 Å². The fraction of sp³-hybridized carbons (Fsp3) is 0.417. The molecule has 0 aliphatic rings. The average Bonchev–Trinajstić information content (AvgIpc) is 2.45. The molecule has 1 atom stereocenters. The third-order valence-corrected chi connectivity index (χ3v) is 2.58. The van der Waals surface area contributed by atoms with E-state index in [2.05, 4.69) is 0 Å². The number of hydrogen-bond acceptors (Lipinski definition) is 8. The van der Waals surface area contributed by atoms with E-state index in [4.69, 9.17) is 14.6 Å². The van der Waals surface area contributed by atoms with Crippen LogP contribution in [-0.4, -0.2) is 40.2 Å². The Labute approximate surface area is 124 Å². The molecule has 22 heavy (non-hydrogen) atoms. The molecule has 0 saturated carbocycles. The van der Waals surface area contributed by atoms with Gasteiger partial charge in [-0.25, -0.2) is 0 Å². The maximum Gasteiger partial charge on any atom is 0.317 e. The zero-order valence-corrected chi connectivity index (χ0v) is 11.6. The van der Waals surface area contributed by atoms with E-state index in [-0.39, 0.29) is 18.8 Å². The average molecular weight is 314 g/mol. The maximum absolute atomic E-state index is 10.9. The molecule has 0 aliphatic heterocycles. The Morgan fingerprint density at radius 1 is 1.32 bits per heavy atom. The van der Waals surface area contributed by atoms with Crippen LogP contribution in [-0.2, 0) is 9.53 Å². The summed E-state index contributed by atoms with van der Waals surface area (Å²) in [6, 6.07) is 3.00. The summed E-state index contributed by atoms with van der Waals surface area (Å²) in [4.78, 5) is 30.7. The summed E-state index contributed by atoms with van der Waals surface area (Å²) >= 11 is 0. The van der Waals surface area contributed by atoms with Gasteiger partial charge in [-0.3, -0.25) is 25.0 Å². The number of esters is 1. The number of nitro benzene ring substituents is 2. The van der Waals surface area contributed by atoms with Crippen molar-refractivity contribution in [2.75, 3.05) is 13.2 Å². The molecule has 0 spiro atoms. The normalized spacial score (nSPS) is 11.5. The zero-order chi connectivity index (χ0) is 16.7. The second-order valence-electron chi connectivity index (χ2n) is 4.22. The Morgan fingerprint density at radius 3 is 2.50 bits per heavy atom. The molecular weight excluding hydrogens is 300 g/mol. The molecule has 1 rings (SSSR count). The van der Waals surface area contributed by atoms with E-state index in [0.29, 0.717) is 0 Å². The molecule has 1 aromatic carbocycles. The summed E-state index contributed by atoms with van der Waals surface area (Å²) in [5.74, 6) is -0.713. The van der Waals surface area contributed by atoms with Crippen LogP contribution in [0.1, 0.15) is 13.3 Å². The van der Waals surface area contributed by atoms with Crippen molar-refractivity contribution in [3.63, 3.8) is 0 Å². The summed E-state index contributed by atoms with van der Waals surface area (Å²) in [5.41, 5.74) is -0.963. The minimum Gasteiger partial charge on any atom is -0.487 e. The fourth-order valence-corrected chi connectivity index (χ4v) is 1.61. The molecule has 0 radical (unpaired) electrons. The Bertz CT molecular complexity index is 574. The Kier molecular flexibility index (Phi) is 6.20.